The van der Waals surface area contributed by atoms with E-state index in [9.17, 15) is 9.59 Å². The van der Waals surface area contributed by atoms with E-state index in [1.807, 2.05) is 33.8 Å². The summed E-state index contributed by atoms with van der Waals surface area (Å²) in [6, 6.07) is 5.30. The summed E-state index contributed by atoms with van der Waals surface area (Å²) in [5, 5.41) is 0. The molecular weight excluding hydrogens is 362 g/mol. The maximum Gasteiger partial charge on any atom is 0.410 e. The molecule has 0 aliphatic carbocycles. The average molecular weight is 386 g/mol. The summed E-state index contributed by atoms with van der Waals surface area (Å²) >= 11 is 3.39. The molecule has 23 heavy (non-hydrogen) atoms. The molecule has 1 amide bonds. The number of amides is 1. The molecule has 0 radical (unpaired) electrons. The van der Waals surface area contributed by atoms with Gasteiger partial charge in [0.25, 0.3) is 0 Å². The van der Waals surface area contributed by atoms with Crippen LogP contribution in [0.2, 0.25) is 0 Å². The van der Waals surface area contributed by atoms with Gasteiger partial charge < -0.3 is 14.4 Å². The molecule has 0 N–H and O–H groups in total. The van der Waals surface area contributed by atoms with Gasteiger partial charge in [0, 0.05) is 17.6 Å². The van der Waals surface area contributed by atoms with Gasteiger partial charge in [-0.3, -0.25) is 0 Å². The van der Waals surface area contributed by atoms with Crippen molar-refractivity contribution in [3.63, 3.8) is 0 Å². The van der Waals surface area contributed by atoms with Crippen molar-refractivity contribution in [2.24, 2.45) is 0 Å². The van der Waals surface area contributed by atoms with Gasteiger partial charge in [-0.25, -0.2) is 9.59 Å². The first-order chi connectivity index (χ1) is 10.7. The third-order valence-electron chi connectivity index (χ3n) is 2.88. The van der Waals surface area contributed by atoms with Gasteiger partial charge in [-0.05, 0) is 58.4 Å². The topological polar surface area (TPSA) is 55.8 Å². The molecule has 1 aromatic carbocycles. The second kappa shape index (κ2) is 8.34. The molecule has 1 rings (SSSR count). The third-order valence-corrected chi connectivity index (χ3v) is 3.33. The second-order valence-corrected chi connectivity index (χ2v) is 6.98. The molecule has 0 spiro atoms. The molecule has 0 unspecified atom stereocenters. The van der Waals surface area contributed by atoms with Crippen LogP contribution < -0.4 is 0 Å². The van der Waals surface area contributed by atoms with Crippen LogP contribution in [0, 0.1) is 0 Å². The molecule has 0 saturated heterocycles. The van der Waals surface area contributed by atoms with Crippen molar-refractivity contribution in [1.29, 1.82) is 0 Å². The van der Waals surface area contributed by atoms with E-state index < -0.39 is 5.60 Å². The number of hydrogen-bond donors (Lipinski definition) is 0. The van der Waals surface area contributed by atoms with Crippen LogP contribution in [0.3, 0.4) is 0 Å². The van der Waals surface area contributed by atoms with E-state index in [0.717, 1.165) is 10.0 Å². The van der Waals surface area contributed by atoms with Crippen molar-refractivity contribution in [2.75, 3.05) is 13.2 Å². The Hall–Kier alpha value is -1.56. The molecule has 5 nitrogen and oxygen atoms in total. The summed E-state index contributed by atoms with van der Waals surface area (Å²) in [6.07, 6.45) is -0.377. The fourth-order valence-corrected chi connectivity index (χ4v) is 2.47. The number of carbonyl (C=O) groups is 2. The van der Waals surface area contributed by atoms with Crippen molar-refractivity contribution >= 4 is 28.0 Å². The Morgan fingerprint density at radius 2 is 1.83 bits per heavy atom. The highest BCUT2D eigenvalue weighted by molar-refractivity contribution is 9.10. The highest BCUT2D eigenvalue weighted by atomic mass is 79.9. The van der Waals surface area contributed by atoms with E-state index >= 15 is 0 Å². The smallest absolute Gasteiger partial charge is 0.410 e. The molecule has 1 aromatic rings. The van der Waals surface area contributed by atoms with Crippen molar-refractivity contribution in [3.8, 4) is 0 Å². The SMILES string of the molecule is CCOC(=O)c1cc(Br)cc(CN(CC)C(=O)OC(C)(C)C)c1. The first-order valence-corrected chi connectivity index (χ1v) is 8.40. The minimum Gasteiger partial charge on any atom is -0.462 e. The molecule has 0 bridgehead atoms. The lowest BCUT2D eigenvalue weighted by molar-refractivity contribution is 0.0244. The van der Waals surface area contributed by atoms with E-state index in [4.69, 9.17) is 9.47 Å². The maximum atomic E-state index is 12.2. The summed E-state index contributed by atoms with van der Waals surface area (Å²) < 4.78 is 11.2. The van der Waals surface area contributed by atoms with Crippen molar-refractivity contribution in [2.45, 2.75) is 46.8 Å². The predicted molar refractivity (Wildman–Crippen MR) is 92.4 cm³/mol. The molecular formula is C17H24BrNO4. The molecule has 0 heterocycles. The summed E-state index contributed by atoms with van der Waals surface area (Å²) in [5.41, 5.74) is 0.740. The third kappa shape index (κ3) is 6.60. The Kier molecular flexibility index (Phi) is 7.06. The zero-order valence-electron chi connectivity index (χ0n) is 14.3. The van der Waals surface area contributed by atoms with E-state index in [1.54, 1.807) is 24.0 Å². The lowest BCUT2D eigenvalue weighted by atomic mass is 10.1. The van der Waals surface area contributed by atoms with E-state index in [0.29, 0.717) is 25.3 Å². The molecule has 0 aromatic heterocycles. The molecule has 6 heteroatoms. The standard InChI is InChI=1S/C17H24BrNO4/c1-6-19(16(21)23-17(3,4)5)11-12-8-13(10-14(18)9-12)15(20)22-7-2/h8-10H,6-7,11H2,1-5H3. The van der Waals surface area contributed by atoms with Crippen LogP contribution in [0.4, 0.5) is 4.79 Å². The van der Waals surface area contributed by atoms with Crippen LogP contribution in [0.5, 0.6) is 0 Å². The van der Waals surface area contributed by atoms with Gasteiger partial charge in [-0.1, -0.05) is 15.9 Å². The normalized spacial score (nSPS) is 11.0. The number of carbonyl (C=O) groups excluding carboxylic acids is 2. The summed E-state index contributed by atoms with van der Waals surface area (Å²) in [7, 11) is 0. The number of halogens is 1. The number of ether oxygens (including phenoxy) is 2. The van der Waals surface area contributed by atoms with E-state index in [1.165, 1.54) is 0 Å². The van der Waals surface area contributed by atoms with E-state index in [2.05, 4.69) is 15.9 Å². The van der Waals surface area contributed by atoms with Gasteiger partial charge in [0.2, 0.25) is 0 Å². The fraction of sp³-hybridized carbons (Fsp3) is 0.529. The molecule has 128 valence electrons. The summed E-state index contributed by atoms with van der Waals surface area (Å²) in [4.78, 5) is 25.7. The minimum atomic E-state index is -0.544. The van der Waals surface area contributed by atoms with Crippen LogP contribution in [-0.4, -0.2) is 35.7 Å². The molecule has 0 aliphatic rings. The first kappa shape index (κ1) is 19.5. The van der Waals surface area contributed by atoms with Gasteiger partial charge in [-0.15, -0.1) is 0 Å². The van der Waals surface area contributed by atoms with Gasteiger partial charge >= 0.3 is 12.1 Å². The van der Waals surface area contributed by atoms with E-state index in [-0.39, 0.29) is 12.1 Å². The molecule has 0 aliphatic heterocycles. The van der Waals surface area contributed by atoms with Crippen LogP contribution in [-0.2, 0) is 16.0 Å². The number of rotatable bonds is 5. The van der Waals surface area contributed by atoms with Gasteiger partial charge in [0.05, 0.1) is 12.2 Å². The number of benzene rings is 1. The van der Waals surface area contributed by atoms with Crippen LogP contribution >= 0.6 is 15.9 Å². The number of nitrogens with zero attached hydrogens (tertiary/aromatic N) is 1. The Balaban J connectivity index is 2.93. The summed E-state index contributed by atoms with van der Waals surface area (Å²) in [6.45, 7) is 10.3. The minimum absolute atomic E-state index is 0.319. The largest absolute Gasteiger partial charge is 0.462 e. The van der Waals surface area contributed by atoms with Crippen molar-refractivity contribution in [3.05, 3.63) is 33.8 Å². The summed E-state index contributed by atoms with van der Waals surface area (Å²) in [5.74, 6) is -0.379. The van der Waals surface area contributed by atoms with Crippen LogP contribution in [0.1, 0.15) is 50.5 Å². The Bertz CT molecular complexity index is 566. The van der Waals surface area contributed by atoms with Crippen LogP contribution in [0.25, 0.3) is 0 Å². The van der Waals surface area contributed by atoms with Crippen LogP contribution in [0.15, 0.2) is 22.7 Å². The quantitative estimate of drug-likeness (QED) is 0.705. The number of esters is 1. The number of hydrogen-bond acceptors (Lipinski definition) is 4. The highest BCUT2D eigenvalue weighted by Crippen LogP contribution is 2.19. The van der Waals surface area contributed by atoms with Crippen molar-refractivity contribution in [1.82, 2.24) is 4.90 Å². The monoisotopic (exact) mass is 385 g/mol. The molecule has 0 saturated carbocycles. The first-order valence-electron chi connectivity index (χ1n) is 7.60. The van der Waals surface area contributed by atoms with Gasteiger partial charge in [0.15, 0.2) is 0 Å². The fourth-order valence-electron chi connectivity index (χ4n) is 1.93. The Morgan fingerprint density at radius 1 is 1.17 bits per heavy atom. The zero-order chi connectivity index (χ0) is 17.6. The second-order valence-electron chi connectivity index (χ2n) is 6.06. The molecule has 0 atom stereocenters. The average Bonchev–Trinajstić information content (AvgIpc) is 2.42. The molecule has 0 fully saturated rings. The zero-order valence-corrected chi connectivity index (χ0v) is 15.9. The van der Waals surface area contributed by atoms with Gasteiger partial charge in [0.1, 0.15) is 5.60 Å². The lowest BCUT2D eigenvalue weighted by Gasteiger charge is -2.26. The Morgan fingerprint density at radius 3 is 2.35 bits per heavy atom. The Labute approximate surface area is 146 Å². The van der Waals surface area contributed by atoms with Gasteiger partial charge in [-0.2, -0.15) is 0 Å². The van der Waals surface area contributed by atoms with Crippen molar-refractivity contribution < 1.29 is 19.1 Å². The predicted octanol–water partition coefficient (Wildman–Crippen LogP) is 4.38. The maximum absolute atomic E-state index is 12.2. The lowest BCUT2D eigenvalue weighted by Crippen LogP contribution is -2.36. The highest BCUT2D eigenvalue weighted by Gasteiger charge is 2.21.